The van der Waals surface area contributed by atoms with Gasteiger partial charge in [-0.2, -0.15) is 0 Å². The molecule has 0 unspecified atom stereocenters. The van der Waals surface area contributed by atoms with Crippen LogP contribution in [0.1, 0.15) is 37.0 Å². The summed E-state index contributed by atoms with van der Waals surface area (Å²) in [5, 5.41) is 34.0. The van der Waals surface area contributed by atoms with Crippen LogP contribution in [0.5, 0.6) is 0 Å². The molecule has 0 amide bonds. The number of aliphatic hydroxyl groups is 3. The molecular weight excluding hydrogens is 512 g/mol. The Morgan fingerprint density at radius 3 is 2.44 bits per heavy atom. The largest absolute Gasteiger partial charge is 0.467 e. The molecule has 11 nitrogen and oxygen atoms in total. The van der Waals surface area contributed by atoms with Gasteiger partial charge in [0.1, 0.15) is 18.3 Å². The number of rotatable bonds is 3. The highest BCUT2D eigenvalue weighted by atomic mass is 16.6. The molecule has 10 atom stereocenters. The van der Waals surface area contributed by atoms with E-state index in [0.717, 1.165) is 7.11 Å². The maximum absolute atomic E-state index is 13.5. The molecule has 39 heavy (non-hydrogen) atoms. The van der Waals surface area contributed by atoms with Crippen LogP contribution in [0.4, 0.5) is 0 Å². The van der Waals surface area contributed by atoms with Gasteiger partial charge in [-0.15, -0.1) is 0 Å². The zero-order valence-corrected chi connectivity index (χ0v) is 21.7. The molecule has 1 aromatic carbocycles. The van der Waals surface area contributed by atoms with E-state index in [2.05, 4.69) is 0 Å². The van der Waals surface area contributed by atoms with Gasteiger partial charge in [0.2, 0.25) is 11.7 Å². The van der Waals surface area contributed by atoms with Crippen molar-refractivity contribution in [1.29, 1.82) is 0 Å². The fourth-order valence-corrected chi connectivity index (χ4v) is 8.46. The second-order valence-electron chi connectivity index (χ2n) is 11.5. The maximum Gasteiger partial charge on any atom is 0.348 e. The smallest absolute Gasteiger partial charge is 0.348 e. The molecule has 2 saturated carbocycles. The van der Waals surface area contributed by atoms with Crippen LogP contribution in [-0.4, -0.2) is 88.8 Å². The summed E-state index contributed by atoms with van der Waals surface area (Å²) in [6, 6.07) is 7.96. The number of hydrogen-bond acceptors (Lipinski definition) is 11. The zero-order valence-electron chi connectivity index (χ0n) is 21.7. The SMILES string of the molecule is COC(=O)[C@@]12OC[C@@]34[C@@H](CC5=C(C)C(=O)[C@H](O)C[C@]5(C)[C@H]3[C@@H](O)[C@@H]1O)OC(=O)[C@H](OC(=O)c1ccccc1)[C@@H]24. The van der Waals surface area contributed by atoms with Gasteiger partial charge in [-0.25, -0.2) is 14.4 Å². The van der Waals surface area contributed by atoms with Gasteiger partial charge in [0.15, 0.2) is 5.78 Å². The van der Waals surface area contributed by atoms with Crippen LogP contribution < -0.4 is 0 Å². The normalized spacial score (nSPS) is 44.2. The van der Waals surface area contributed by atoms with E-state index in [9.17, 15) is 34.5 Å². The van der Waals surface area contributed by atoms with Gasteiger partial charge < -0.3 is 34.3 Å². The summed E-state index contributed by atoms with van der Waals surface area (Å²) in [6.07, 6.45) is -7.44. The lowest BCUT2D eigenvalue weighted by molar-refractivity contribution is -0.275. The predicted molar refractivity (Wildman–Crippen MR) is 129 cm³/mol. The Balaban J connectivity index is 1.56. The summed E-state index contributed by atoms with van der Waals surface area (Å²) in [7, 11) is 1.09. The maximum atomic E-state index is 13.5. The number of carbonyl (C=O) groups excluding carboxylic acids is 4. The molecule has 5 aliphatic rings. The van der Waals surface area contributed by atoms with E-state index >= 15 is 0 Å². The molecular formula is C28H30O11. The summed E-state index contributed by atoms with van der Waals surface area (Å²) in [5.41, 5.74) is -3.53. The van der Waals surface area contributed by atoms with Gasteiger partial charge in [-0.3, -0.25) is 4.79 Å². The van der Waals surface area contributed by atoms with Crippen LogP contribution in [0.25, 0.3) is 0 Å². The monoisotopic (exact) mass is 542 g/mol. The molecule has 4 fully saturated rings. The third-order valence-electron chi connectivity index (χ3n) is 9.93. The zero-order chi connectivity index (χ0) is 28.1. The minimum atomic E-state index is -2.24. The topological polar surface area (TPSA) is 166 Å². The number of methoxy groups -OCH3 is 1. The van der Waals surface area contributed by atoms with Crippen LogP contribution in [0.15, 0.2) is 41.5 Å². The van der Waals surface area contributed by atoms with Crippen LogP contribution in [0.2, 0.25) is 0 Å². The van der Waals surface area contributed by atoms with Crippen molar-refractivity contribution < 1.29 is 53.4 Å². The fourth-order valence-electron chi connectivity index (χ4n) is 8.46. The van der Waals surface area contributed by atoms with E-state index in [1.165, 1.54) is 12.1 Å². The number of aliphatic hydroxyl groups excluding tert-OH is 3. The second kappa shape index (κ2) is 8.44. The first-order valence-electron chi connectivity index (χ1n) is 12.9. The molecule has 6 rings (SSSR count). The van der Waals surface area contributed by atoms with E-state index in [1.807, 2.05) is 0 Å². The van der Waals surface area contributed by atoms with Gasteiger partial charge in [-0.05, 0) is 36.5 Å². The number of benzene rings is 1. The van der Waals surface area contributed by atoms with Gasteiger partial charge in [0, 0.05) is 17.8 Å². The van der Waals surface area contributed by atoms with Gasteiger partial charge >= 0.3 is 17.9 Å². The molecule has 2 bridgehead atoms. The van der Waals surface area contributed by atoms with Crippen molar-refractivity contribution in [2.75, 3.05) is 13.7 Å². The van der Waals surface area contributed by atoms with Crippen molar-refractivity contribution in [3.8, 4) is 0 Å². The third kappa shape index (κ3) is 3.07. The average molecular weight is 543 g/mol. The summed E-state index contributed by atoms with van der Waals surface area (Å²) in [6.45, 7) is 3.14. The van der Waals surface area contributed by atoms with E-state index in [4.69, 9.17) is 18.9 Å². The summed E-state index contributed by atoms with van der Waals surface area (Å²) >= 11 is 0. The molecule has 208 valence electrons. The lowest BCUT2D eigenvalue weighted by Gasteiger charge is -2.66. The molecule has 2 saturated heterocycles. The summed E-state index contributed by atoms with van der Waals surface area (Å²) < 4.78 is 22.7. The Morgan fingerprint density at radius 2 is 1.77 bits per heavy atom. The van der Waals surface area contributed by atoms with Crippen LogP contribution in [0.3, 0.4) is 0 Å². The number of carbonyl (C=O) groups is 4. The lowest BCUT2D eigenvalue weighted by atomic mass is 9.39. The van der Waals surface area contributed by atoms with Crippen LogP contribution >= 0.6 is 0 Å². The number of ether oxygens (including phenoxy) is 4. The van der Waals surface area contributed by atoms with E-state index < -0.39 is 82.5 Å². The molecule has 3 N–H and O–H groups in total. The number of hydrogen-bond donors (Lipinski definition) is 3. The molecule has 3 aliphatic carbocycles. The Kier molecular flexibility index (Phi) is 5.65. The molecule has 2 heterocycles. The quantitative estimate of drug-likeness (QED) is 0.350. The van der Waals surface area contributed by atoms with E-state index in [0.29, 0.717) is 11.1 Å². The van der Waals surface area contributed by atoms with Crippen molar-refractivity contribution in [3.05, 3.63) is 47.0 Å². The van der Waals surface area contributed by atoms with Crippen LogP contribution in [-0.2, 0) is 33.3 Å². The first-order valence-corrected chi connectivity index (χ1v) is 12.9. The number of Topliss-reactive ketones (excluding diaryl/α,β-unsaturated/α-hetero) is 1. The van der Waals surface area contributed by atoms with Crippen molar-refractivity contribution in [3.63, 3.8) is 0 Å². The number of esters is 3. The predicted octanol–water partition coefficient (Wildman–Crippen LogP) is 0.0938. The van der Waals surface area contributed by atoms with Gasteiger partial charge in [-0.1, -0.05) is 30.7 Å². The van der Waals surface area contributed by atoms with Crippen molar-refractivity contribution in [2.24, 2.45) is 22.7 Å². The summed E-state index contributed by atoms with van der Waals surface area (Å²) in [5.74, 6) is -5.48. The van der Waals surface area contributed by atoms with Crippen molar-refractivity contribution in [1.82, 2.24) is 0 Å². The molecule has 0 radical (unpaired) electrons. The molecule has 0 aromatic heterocycles. The first kappa shape index (κ1) is 26.1. The minimum Gasteiger partial charge on any atom is -0.467 e. The minimum absolute atomic E-state index is 0.0538. The average Bonchev–Trinajstić information content (AvgIpc) is 3.23. The van der Waals surface area contributed by atoms with Gasteiger partial charge in [0.05, 0.1) is 31.3 Å². The van der Waals surface area contributed by atoms with Gasteiger partial charge in [0.25, 0.3) is 0 Å². The standard InChI is InChI=1S/C28H30O11/c1-12-14-9-16-27-11-37-28(25(35)36-3,22(32)18(31)20(27)26(14,2)10-15(29)17(12)30)21(27)19(24(34)38-16)39-23(33)13-7-5-4-6-8-13/h4-8,15-16,18-22,29,31-32H,9-11H2,1-3H3/t15-,16-,18-,19-,20-,21-,22+,26+,27-,28+/m1/s1. The van der Waals surface area contributed by atoms with Crippen molar-refractivity contribution in [2.45, 2.75) is 62.8 Å². The lowest BCUT2D eigenvalue weighted by Crippen LogP contribution is -2.78. The van der Waals surface area contributed by atoms with Crippen molar-refractivity contribution >= 4 is 23.7 Å². The number of fused-ring (bicyclic) bond motifs is 2. The Hall–Kier alpha value is -3.12. The van der Waals surface area contributed by atoms with E-state index in [-0.39, 0.29) is 25.0 Å². The third-order valence-corrected chi connectivity index (χ3v) is 9.93. The highest BCUT2D eigenvalue weighted by molar-refractivity contribution is 6.00. The van der Waals surface area contributed by atoms with Crippen LogP contribution in [0, 0.1) is 22.7 Å². The van der Waals surface area contributed by atoms with E-state index in [1.54, 1.807) is 32.0 Å². The second-order valence-corrected chi connectivity index (χ2v) is 11.5. The Morgan fingerprint density at radius 1 is 1.08 bits per heavy atom. The highest BCUT2D eigenvalue weighted by Gasteiger charge is 2.84. The highest BCUT2D eigenvalue weighted by Crippen LogP contribution is 2.72. The molecule has 1 spiro atoms. The fraction of sp³-hybridized carbons (Fsp3) is 0.571. The molecule has 2 aliphatic heterocycles. The first-order chi connectivity index (χ1) is 18.4. The molecule has 1 aromatic rings. The Bertz CT molecular complexity index is 1310. The molecule has 11 heteroatoms. The number of ketones is 1. The summed E-state index contributed by atoms with van der Waals surface area (Å²) in [4.78, 5) is 52.8. The Labute approximate surface area is 223 Å².